The van der Waals surface area contributed by atoms with Crippen LogP contribution in [0.15, 0.2) is 29.4 Å². The minimum Gasteiger partial charge on any atom is -0.381 e. The number of likely N-dealkylation sites (tertiary alicyclic amines) is 1. The van der Waals surface area contributed by atoms with Crippen LogP contribution >= 0.6 is 11.8 Å². The van der Waals surface area contributed by atoms with Gasteiger partial charge in [-0.15, -0.1) is 10.2 Å². The van der Waals surface area contributed by atoms with Gasteiger partial charge in [0, 0.05) is 68.7 Å². The second-order valence-electron chi connectivity index (χ2n) is 9.81. The molecule has 0 amide bonds. The molecule has 3 saturated heterocycles. The fourth-order valence-corrected chi connectivity index (χ4v) is 6.57. The summed E-state index contributed by atoms with van der Waals surface area (Å²) in [5.74, 6) is 2.48. The number of aromatic nitrogens is 3. The molecule has 0 radical (unpaired) electrons. The molecule has 5 rings (SSSR count). The molecule has 1 aromatic carbocycles. The van der Waals surface area contributed by atoms with Gasteiger partial charge >= 0.3 is 0 Å². The van der Waals surface area contributed by atoms with Crippen molar-refractivity contribution in [2.24, 2.45) is 12.5 Å². The van der Waals surface area contributed by atoms with Crippen molar-refractivity contribution in [3.63, 3.8) is 0 Å². The van der Waals surface area contributed by atoms with Crippen LogP contribution in [0, 0.1) is 11.2 Å². The van der Waals surface area contributed by atoms with Gasteiger partial charge in [0.25, 0.3) is 0 Å². The molecular weight excluding hydrogens is 425 g/mol. The zero-order valence-corrected chi connectivity index (χ0v) is 20.0. The molecule has 0 spiro atoms. The van der Waals surface area contributed by atoms with Crippen molar-refractivity contribution in [3.8, 4) is 0 Å². The van der Waals surface area contributed by atoms with Gasteiger partial charge in [0.2, 0.25) is 0 Å². The molecule has 0 unspecified atom stereocenters. The smallest absolute Gasteiger partial charge is 0.190 e. The summed E-state index contributed by atoms with van der Waals surface area (Å²) < 4.78 is 21.0. The van der Waals surface area contributed by atoms with Crippen LogP contribution in [0.3, 0.4) is 0 Å². The number of rotatable bonds is 7. The van der Waals surface area contributed by atoms with Crippen molar-refractivity contribution in [3.05, 3.63) is 35.9 Å². The van der Waals surface area contributed by atoms with Crippen molar-refractivity contribution < 1.29 is 9.13 Å². The molecule has 3 aliphatic heterocycles. The molecule has 6 nitrogen and oxygen atoms in total. The number of nitrogens with zero attached hydrogens (tertiary/aromatic N) is 5. The van der Waals surface area contributed by atoms with E-state index < -0.39 is 0 Å². The van der Waals surface area contributed by atoms with Gasteiger partial charge in [-0.1, -0.05) is 18.7 Å². The zero-order valence-electron chi connectivity index (χ0n) is 19.2. The van der Waals surface area contributed by atoms with Gasteiger partial charge in [0.15, 0.2) is 5.16 Å². The number of fused-ring (bicyclic) bond motifs is 1. The second-order valence-corrected chi connectivity index (χ2v) is 10.9. The molecule has 3 aliphatic rings. The van der Waals surface area contributed by atoms with Crippen LogP contribution in [-0.4, -0.2) is 70.9 Å². The molecular formula is C24H34FN5OS. The van der Waals surface area contributed by atoms with Gasteiger partial charge in [-0.3, -0.25) is 0 Å². The van der Waals surface area contributed by atoms with Crippen molar-refractivity contribution in [1.29, 1.82) is 0 Å². The topological polar surface area (TPSA) is 46.4 Å². The summed E-state index contributed by atoms with van der Waals surface area (Å²) in [7, 11) is 2.10. The standard InChI is InChI=1S/C24H34FN5OS/c1-24-10-12-30(20-6-4-19(25)5-7-20)21(24)16-29(17-24)11-3-15-32-23-27-26-22(28(23)2)18-8-13-31-14-9-18/h4-7,18,21H,3,8-17H2,1-2H3/t21-,24+/m0/s1. The maximum Gasteiger partial charge on any atom is 0.190 e. The number of hydrogen-bond acceptors (Lipinski definition) is 6. The number of benzene rings is 1. The molecule has 2 atom stereocenters. The van der Waals surface area contributed by atoms with Crippen LogP contribution in [0.1, 0.15) is 44.3 Å². The molecule has 3 fully saturated rings. The fraction of sp³-hybridized carbons (Fsp3) is 0.667. The van der Waals surface area contributed by atoms with Gasteiger partial charge in [-0.25, -0.2) is 4.39 Å². The van der Waals surface area contributed by atoms with E-state index in [0.29, 0.717) is 17.4 Å². The zero-order chi connectivity index (χ0) is 22.1. The first kappa shape index (κ1) is 22.2. The fourth-order valence-electron chi connectivity index (χ4n) is 5.72. The molecule has 8 heteroatoms. The molecule has 0 N–H and O–H groups in total. The molecule has 4 heterocycles. The highest BCUT2D eigenvalue weighted by Gasteiger charge is 2.49. The summed E-state index contributed by atoms with van der Waals surface area (Å²) in [5, 5.41) is 9.97. The largest absolute Gasteiger partial charge is 0.381 e. The quantitative estimate of drug-likeness (QED) is 0.462. The van der Waals surface area contributed by atoms with E-state index in [1.165, 1.54) is 6.42 Å². The Kier molecular flexibility index (Phi) is 6.45. The predicted molar refractivity (Wildman–Crippen MR) is 126 cm³/mol. The van der Waals surface area contributed by atoms with Gasteiger partial charge in [0.05, 0.1) is 0 Å². The van der Waals surface area contributed by atoms with Crippen LogP contribution in [0.4, 0.5) is 10.1 Å². The van der Waals surface area contributed by atoms with Crippen molar-refractivity contribution in [2.45, 2.75) is 49.7 Å². The van der Waals surface area contributed by atoms with Crippen LogP contribution in [0.2, 0.25) is 0 Å². The number of halogens is 1. The monoisotopic (exact) mass is 459 g/mol. The van der Waals surface area contributed by atoms with E-state index in [1.54, 1.807) is 12.1 Å². The van der Waals surface area contributed by atoms with Crippen LogP contribution in [0.25, 0.3) is 0 Å². The highest BCUT2D eigenvalue weighted by Crippen LogP contribution is 2.44. The normalized spacial score (nSPS) is 26.7. The number of ether oxygens (including phenoxy) is 1. The first-order valence-corrected chi connectivity index (χ1v) is 12.9. The maximum atomic E-state index is 13.4. The summed E-state index contributed by atoms with van der Waals surface area (Å²) in [6.07, 6.45) is 4.43. The highest BCUT2D eigenvalue weighted by molar-refractivity contribution is 7.99. The Bertz CT molecular complexity index is 916. The minimum atomic E-state index is -0.163. The molecule has 2 aromatic rings. The maximum absolute atomic E-state index is 13.4. The van der Waals surface area contributed by atoms with E-state index >= 15 is 0 Å². The van der Waals surface area contributed by atoms with Gasteiger partial charge < -0.3 is 19.1 Å². The van der Waals surface area contributed by atoms with Gasteiger partial charge in [-0.2, -0.15) is 0 Å². The lowest BCUT2D eigenvalue weighted by Crippen LogP contribution is -2.37. The van der Waals surface area contributed by atoms with E-state index in [-0.39, 0.29) is 5.82 Å². The molecule has 32 heavy (non-hydrogen) atoms. The van der Waals surface area contributed by atoms with E-state index in [2.05, 4.69) is 38.5 Å². The minimum absolute atomic E-state index is 0.163. The number of anilines is 1. The van der Waals surface area contributed by atoms with Crippen LogP contribution < -0.4 is 4.90 Å². The van der Waals surface area contributed by atoms with Crippen LogP contribution in [-0.2, 0) is 11.8 Å². The van der Waals surface area contributed by atoms with E-state index in [0.717, 1.165) is 81.1 Å². The lowest BCUT2D eigenvalue weighted by molar-refractivity contribution is 0.0828. The van der Waals surface area contributed by atoms with Gasteiger partial charge in [-0.05, 0) is 56.5 Å². The molecule has 174 valence electrons. The summed E-state index contributed by atoms with van der Waals surface area (Å²) in [4.78, 5) is 5.11. The number of hydrogen-bond donors (Lipinski definition) is 0. The van der Waals surface area contributed by atoms with E-state index in [4.69, 9.17) is 4.74 Å². The third-order valence-corrected chi connectivity index (χ3v) is 8.69. The van der Waals surface area contributed by atoms with Crippen molar-refractivity contribution in [2.75, 3.05) is 50.0 Å². The van der Waals surface area contributed by atoms with Crippen molar-refractivity contribution >= 4 is 17.4 Å². The Morgan fingerprint density at radius 1 is 1.19 bits per heavy atom. The lowest BCUT2D eigenvalue weighted by atomic mass is 9.85. The lowest BCUT2D eigenvalue weighted by Gasteiger charge is -2.29. The molecule has 0 saturated carbocycles. The van der Waals surface area contributed by atoms with Crippen LogP contribution in [0.5, 0.6) is 0 Å². The van der Waals surface area contributed by atoms with Gasteiger partial charge in [0.1, 0.15) is 11.6 Å². The second kappa shape index (κ2) is 9.31. The third-order valence-electron chi connectivity index (χ3n) is 7.58. The Labute approximate surface area is 194 Å². The average molecular weight is 460 g/mol. The Balaban J connectivity index is 1.11. The summed E-state index contributed by atoms with van der Waals surface area (Å²) >= 11 is 1.82. The first-order chi connectivity index (χ1) is 15.5. The average Bonchev–Trinajstić information content (AvgIpc) is 3.43. The Morgan fingerprint density at radius 2 is 1.97 bits per heavy atom. The Morgan fingerprint density at radius 3 is 2.75 bits per heavy atom. The highest BCUT2D eigenvalue weighted by atomic mass is 32.2. The van der Waals surface area contributed by atoms with E-state index in [9.17, 15) is 4.39 Å². The van der Waals surface area contributed by atoms with E-state index in [1.807, 2.05) is 23.9 Å². The molecule has 0 aliphatic carbocycles. The third kappa shape index (κ3) is 4.41. The summed E-state index contributed by atoms with van der Waals surface area (Å²) in [6, 6.07) is 7.52. The predicted octanol–water partition coefficient (Wildman–Crippen LogP) is 3.93. The SMILES string of the molecule is Cn1c(SCCCN2C[C@@H]3N(c4ccc(F)cc4)CC[C@]3(C)C2)nnc1C1CCOCC1. The summed E-state index contributed by atoms with van der Waals surface area (Å²) in [6.45, 7) is 8.50. The molecule has 0 bridgehead atoms. The Hall–Kier alpha value is -1.64. The summed E-state index contributed by atoms with van der Waals surface area (Å²) in [5.41, 5.74) is 1.48. The molecule has 1 aromatic heterocycles. The van der Waals surface area contributed by atoms with Crippen molar-refractivity contribution in [1.82, 2.24) is 19.7 Å². The number of thioether (sulfide) groups is 1. The first-order valence-electron chi connectivity index (χ1n) is 11.9.